The van der Waals surface area contributed by atoms with E-state index in [4.69, 9.17) is 11.5 Å². The lowest BCUT2D eigenvalue weighted by Gasteiger charge is -2.22. The van der Waals surface area contributed by atoms with Crippen LogP contribution in [0.2, 0.25) is 0 Å². The van der Waals surface area contributed by atoms with Gasteiger partial charge in [-0.05, 0) is 68.0 Å². The summed E-state index contributed by atoms with van der Waals surface area (Å²) in [5, 5.41) is 18.1. The summed E-state index contributed by atoms with van der Waals surface area (Å²) in [6.45, 7) is 5.71. The van der Waals surface area contributed by atoms with Crippen molar-refractivity contribution in [2.24, 2.45) is 11.5 Å². The van der Waals surface area contributed by atoms with Gasteiger partial charge in [-0.1, -0.05) is 30.3 Å². The normalized spacial score (nSPS) is 13.4. The van der Waals surface area contributed by atoms with Crippen molar-refractivity contribution >= 4 is 17.7 Å². The SMILES string of the molecule is Cc1cc(O)cc(C)c1CC(N)C(=O)NC(C)C(=O)NCC(Cc1ccccc1)NC(=O)CCN. The number of nitrogens with one attached hydrogen (secondary N) is 3. The van der Waals surface area contributed by atoms with Gasteiger partial charge in [0.25, 0.3) is 0 Å². The third kappa shape index (κ3) is 9.03. The Labute approximate surface area is 206 Å². The van der Waals surface area contributed by atoms with E-state index in [0.717, 1.165) is 22.3 Å². The third-order valence-electron chi connectivity index (χ3n) is 5.78. The lowest BCUT2D eigenvalue weighted by molar-refractivity contribution is -0.129. The Hall–Kier alpha value is -3.43. The van der Waals surface area contributed by atoms with E-state index < -0.39 is 18.0 Å². The van der Waals surface area contributed by atoms with Crippen LogP contribution in [-0.2, 0) is 27.2 Å². The van der Waals surface area contributed by atoms with Crippen LogP contribution < -0.4 is 27.4 Å². The number of rotatable bonds is 12. The van der Waals surface area contributed by atoms with Crippen LogP contribution in [0, 0.1) is 13.8 Å². The molecule has 2 aromatic carbocycles. The number of phenols is 1. The molecule has 0 fully saturated rings. The predicted molar refractivity (Wildman–Crippen MR) is 136 cm³/mol. The molecule has 0 heterocycles. The minimum atomic E-state index is -0.853. The molecule has 9 heteroatoms. The molecule has 0 spiro atoms. The quantitative estimate of drug-likeness (QED) is 0.259. The highest BCUT2D eigenvalue weighted by Crippen LogP contribution is 2.21. The van der Waals surface area contributed by atoms with E-state index >= 15 is 0 Å². The Bertz CT molecular complexity index is 989. The number of amides is 3. The molecule has 0 bridgehead atoms. The van der Waals surface area contributed by atoms with Gasteiger partial charge in [-0.15, -0.1) is 0 Å². The maximum Gasteiger partial charge on any atom is 0.242 e. The molecule has 2 aromatic rings. The predicted octanol–water partition coefficient (Wildman–Crippen LogP) is 0.576. The molecule has 0 saturated heterocycles. The van der Waals surface area contributed by atoms with Crippen molar-refractivity contribution < 1.29 is 19.5 Å². The first-order chi connectivity index (χ1) is 16.6. The first-order valence-electron chi connectivity index (χ1n) is 11.8. The molecule has 9 nitrogen and oxygen atoms in total. The minimum Gasteiger partial charge on any atom is -0.508 e. The van der Waals surface area contributed by atoms with Gasteiger partial charge in [-0.3, -0.25) is 14.4 Å². The maximum absolute atomic E-state index is 12.6. The zero-order chi connectivity index (χ0) is 26.0. The molecule has 0 aliphatic carbocycles. The lowest BCUT2D eigenvalue weighted by Crippen LogP contribution is -2.53. The van der Waals surface area contributed by atoms with Crippen LogP contribution in [0.25, 0.3) is 0 Å². The Morgan fingerprint density at radius 3 is 2.20 bits per heavy atom. The fraction of sp³-hybridized carbons (Fsp3) is 0.423. The van der Waals surface area contributed by atoms with Crippen molar-refractivity contribution in [2.45, 2.75) is 58.2 Å². The van der Waals surface area contributed by atoms with Crippen molar-refractivity contribution in [1.29, 1.82) is 0 Å². The third-order valence-corrected chi connectivity index (χ3v) is 5.78. The number of carbonyl (C=O) groups excluding carboxylic acids is 3. The van der Waals surface area contributed by atoms with Crippen molar-refractivity contribution in [2.75, 3.05) is 13.1 Å². The van der Waals surface area contributed by atoms with E-state index in [1.165, 1.54) is 0 Å². The molecule has 0 aliphatic rings. The van der Waals surface area contributed by atoms with Gasteiger partial charge >= 0.3 is 0 Å². The number of hydrogen-bond acceptors (Lipinski definition) is 6. The summed E-state index contributed by atoms with van der Waals surface area (Å²) in [5.74, 6) is -0.850. The molecule has 0 radical (unpaired) electrons. The highest BCUT2D eigenvalue weighted by Gasteiger charge is 2.22. The van der Waals surface area contributed by atoms with Crippen molar-refractivity contribution in [3.63, 3.8) is 0 Å². The second-order valence-electron chi connectivity index (χ2n) is 8.84. The zero-order valence-corrected chi connectivity index (χ0v) is 20.6. The van der Waals surface area contributed by atoms with Crippen LogP contribution in [-0.4, -0.2) is 54.0 Å². The number of aromatic hydroxyl groups is 1. The van der Waals surface area contributed by atoms with Crippen LogP contribution >= 0.6 is 0 Å². The van der Waals surface area contributed by atoms with E-state index in [1.54, 1.807) is 19.1 Å². The number of hydrogen-bond donors (Lipinski definition) is 6. The largest absolute Gasteiger partial charge is 0.508 e. The summed E-state index contributed by atoms with van der Waals surface area (Å²) < 4.78 is 0. The average molecular weight is 484 g/mol. The molecule has 190 valence electrons. The molecule has 0 saturated carbocycles. The monoisotopic (exact) mass is 483 g/mol. The Kier molecular flexibility index (Phi) is 10.7. The highest BCUT2D eigenvalue weighted by molar-refractivity contribution is 5.89. The van der Waals surface area contributed by atoms with E-state index in [1.807, 2.05) is 44.2 Å². The zero-order valence-electron chi connectivity index (χ0n) is 20.6. The Balaban J connectivity index is 1.92. The summed E-state index contributed by atoms with van der Waals surface area (Å²) in [4.78, 5) is 37.3. The minimum absolute atomic E-state index is 0.164. The standard InChI is InChI=1S/C26H37N5O4/c1-16-11-21(32)12-17(2)22(16)14-23(28)26(35)30-18(3)25(34)29-15-20(31-24(33)9-10-27)13-19-7-5-4-6-8-19/h4-8,11-12,18,20,23,32H,9-10,13-15,27-28H2,1-3H3,(H,29,34)(H,30,35)(H,31,33). The van der Waals surface area contributed by atoms with Crippen LogP contribution in [0.1, 0.15) is 35.6 Å². The molecule has 3 amide bonds. The van der Waals surface area contributed by atoms with Gasteiger partial charge in [-0.2, -0.15) is 0 Å². The van der Waals surface area contributed by atoms with E-state index in [-0.39, 0.29) is 49.5 Å². The number of nitrogens with two attached hydrogens (primary N) is 2. The van der Waals surface area contributed by atoms with E-state index in [0.29, 0.717) is 6.42 Å². The molecule has 0 aromatic heterocycles. The molecule has 0 aliphatic heterocycles. The summed E-state index contributed by atoms with van der Waals surface area (Å²) in [6.07, 6.45) is 1.02. The van der Waals surface area contributed by atoms with Crippen molar-refractivity contribution in [1.82, 2.24) is 16.0 Å². The van der Waals surface area contributed by atoms with Crippen LogP contribution in [0.4, 0.5) is 0 Å². The molecular weight excluding hydrogens is 446 g/mol. The van der Waals surface area contributed by atoms with Crippen LogP contribution in [0.5, 0.6) is 5.75 Å². The smallest absolute Gasteiger partial charge is 0.242 e. The summed E-state index contributed by atoms with van der Waals surface area (Å²) >= 11 is 0. The summed E-state index contributed by atoms with van der Waals surface area (Å²) in [7, 11) is 0. The summed E-state index contributed by atoms with van der Waals surface area (Å²) in [5.41, 5.74) is 15.2. The first kappa shape index (κ1) is 27.8. The van der Waals surface area contributed by atoms with E-state index in [2.05, 4.69) is 16.0 Å². The number of carbonyl (C=O) groups is 3. The summed E-state index contributed by atoms with van der Waals surface area (Å²) in [6, 6.07) is 10.9. The van der Waals surface area contributed by atoms with Gasteiger partial charge < -0.3 is 32.5 Å². The Morgan fingerprint density at radius 2 is 1.60 bits per heavy atom. The highest BCUT2D eigenvalue weighted by atomic mass is 16.3. The van der Waals surface area contributed by atoms with Crippen molar-refractivity contribution in [3.05, 3.63) is 64.7 Å². The fourth-order valence-corrected chi connectivity index (χ4v) is 3.87. The number of aryl methyl sites for hydroxylation is 2. The topological polar surface area (TPSA) is 160 Å². The van der Waals surface area contributed by atoms with Crippen LogP contribution in [0.15, 0.2) is 42.5 Å². The van der Waals surface area contributed by atoms with E-state index in [9.17, 15) is 19.5 Å². The molecular formula is C26H37N5O4. The van der Waals surface area contributed by atoms with Gasteiger partial charge in [0, 0.05) is 19.5 Å². The Morgan fingerprint density at radius 1 is 0.971 bits per heavy atom. The number of phenolic OH excluding ortho intramolecular Hbond substituents is 1. The van der Waals surface area contributed by atoms with Crippen molar-refractivity contribution in [3.8, 4) is 5.75 Å². The second kappa shape index (κ2) is 13.5. The lowest BCUT2D eigenvalue weighted by atomic mass is 9.96. The fourth-order valence-electron chi connectivity index (χ4n) is 3.87. The molecule has 3 unspecified atom stereocenters. The first-order valence-corrected chi connectivity index (χ1v) is 11.8. The maximum atomic E-state index is 12.6. The van der Waals surface area contributed by atoms with Gasteiger partial charge in [0.2, 0.25) is 17.7 Å². The van der Waals surface area contributed by atoms with Gasteiger partial charge in [0.05, 0.1) is 12.1 Å². The molecule has 35 heavy (non-hydrogen) atoms. The molecule has 8 N–H and O–H groups in total. The van der Waals surface area contributed by atoms with Gasteiger partial charge in [0.1, 0.15) is 11.8 Å². The van der Waals surface area contributed by atoms with Crippen LogP contribution in [0.3, 0.4) is 0 Å². The second-order valence-corrected chi connectivity index (χ2v) is 8.84. The average Bonchev–Trinajstić information content (AvgIpc) is 2.80. The molecule has 3 atom stereocenters. The molecule has 2 rings (SSSR count). The van der Waals surface area contributed by atoms with Gasteiger partial charge in [0.15, 0.2) is 0 Å². The van der Waals surface area contributed by atoms with Gasteiger partial charge in [-0.25, -0.2) is 0 Å². The number of benzene rings is 2.